The van der Waals surface area contributed by atoms with Crippen LogP contribution in [0.3, 0.4) is 0 Å². The zero-order chi connectivity index (χ0) is 30.2. The highest BCUT2D eigenvalue weighted by molar-refractivity contribution is 6.00. The molecule has 3 rings (SSSR count). The Morgan fingerprint density at radius 2 is 1.59 bits per heavy atom. The first-order chi connectivity index (χ1) is 19.5. The number of nitrogens with zero attached hydrogens (tertiary/aromatic N) is 1. The molecule has 3 atom stereocenters. The third-order valence-corrected chi connectivity index (χ3v) is 7.77. The van der Waals surface area contributed by atoms with Crippen molar-refractivity contribution in [2.24, 2.45) is 0 Å². The van der Waals surface area contributed by atoms with Crippen LogP contribution in [-0.4, -0.2) is 47.3 Å². The number of nitrogens with one attached hydrogen (secondary N) is 2. The van der Waals surface area contributed by atoms with E-state index in [1.54, 1.807) is 18.2 Å². The third-order valence-electron chi connectivity index (χ3n) is 7.77. The number of rotatable bonds is 15. The largest absolute Gasteiger partial charge is 0.354 e. The van der Waals surface area contributed by atoms with Gasteiger partial charge >= 0.3 is 0 Å². The van der Waals surface area contributed by atoms with Gasteiger partial charge in [-0.15, -0.1) is 0 Å². The van der Waals surface area contributed by atoms with E-state index < -0.39 is 17.2 Å². The maximum absolute atomic E-state index is 14.1. The van der Waals surface area contributed by atoms with Crippen molar-refractivity contribution in [1.29, 1.82) is 0 Å². The summed E-state index contributed by atoms with van der Waals surface area (Å²) in [5.74, 6) is -2.03. The van der Waals surface area contributed by atoms with Crippen LogP contribution >= 0.6 is 0 Å². The first kappa shape index (κ1) is 32.2. The average Bonchev–Trinajstić information content (AvgIpc) is 3.63. The average molecular weight is 570 g/mol. The zero-order valence-corrected chi connectivity index (χ0v) is 25.1. The van der Waals surface area contributed by atoms with Crippen molar-refractivity contribution < 1.29 is 23.2 Å². The minimum absolute atomic E-state index is 0.00543. The molecule has 41 heavy (non-hydrogen) atoms. The van der Waals surface area contributed by atoms with Crippen molar-refractivity contribution in [3.63, 3.8) is 0 Å². The van der Waals surface area contributed by atoms with E-state index in [0.717, 1.165) is 37.3 Å². The van der Waals surface area contributed by atoms with E-state index in [-0.39, 0.29) is 29.7 Å². The Balaban J connectivity index is 1.83. The Labute approximate surface area is 243 Å². The van der Waals surface area contributed by atoms with Gasteiger partial charge in [-0.05, 0) is 93.8 Å². The monoisotopic (exact) mass is 569 g/mol. The normalized spacial score (nSPS) is 18.5. The summed E-state index contributed by atoms with van der Waals surface area (Å²) >= 11 is 0. The molecule has 3 amide bonds. The van der Waals surface area contributed by atoms with E-state index in [2.05, 4.69) is 10.6 Å². The van der Waals surface area contributed by atoms with Gasteiger partial charge in [-0.25, -0.2) is 8.78 Å². The number of hydrogen-bond donors (Lipinski definition) is 2. The second kappa shape index (κ2) is 14.6. The molecule has 0 radical (unpaired) electrons. The van der Waals surface area contributed by atoms with Crippen molar-refractivity contribution >= 4 is 17.7 Å². The number of benzene rings is 2. The lowest BCUT2D eigenvalue weighted by atomic mass is 9.98. The summed E-state index contributed by atoms with van der Waals surface area (Å²) in [6, 6.07) is 8.53. The van der Waals surface area contributed by atoms with Gasteiger partial charge in [0.05, 0.1) is 0 Å². The lowest BCUT2D eigenvalue weighted by molar-refractivity contribution is -0.121. The molecular formula is C33H45F2N3O3. The molecular weight excluding hydrogens is 524 g/mol. The Kier molecular flexibility index (Phi) is 11.4. The van der Waals surface area contributed by atoms with Crippen LogP contribution < -0.4 is 10.6 Å². The second-order valence-electron chi connectivity index (χ2n) is 11.6. The maximum Gasteiger partial charge on any atom is 0.253 e. The van der Waals surface area contributed by atoms with Crippen LogP contribution in [0.2, 0.25) is 0 Å². The first-order valence-corrected chi connectivity index (χ1v) is 15.0. The van der Waals surface area contributed by atoms with Crippen LogP contribution in [0.25, 0.3) is 0 Å². The lowest BCUT2D eigenvalue weighted by Crippen LogP contribution is -2.41. The molecule has 0 aromatic heterocycles. The molecule has 1 aliphatic rings. The van der Waals surface area contributed by atoms with Gasteiger partial charge in [-0.3, -0.25) is 14.4 Å². The molecule has 1 fully saturated rings. The van der Waals surface area contributed by atoms with Gasteiger partial charge in [-0.1, -0.05) is 27.2 Å². The number of carbonyl (C=O) groups is 3. The molecule has 2 aromatic carbocycles. The number of unbranched alkanes of at least 4 members (excludes halogenated alkanes) is 1. The van der Waals surface area contributed by atoms with Crippen LogP contribution in [0.15, 0.2) is 36.4 Å². The summed E-state index contributed by atoms with van der Waals surface area (Å²) in [6.45, 7) is 11.2. The first-order valence-electron chi connectivity index (χ1n) is 15.0. The van der Waals surface area contributed by atoms with E-state index in [4.69, 9.17) is 0 Å². The van der Waals surface area contributed by atoms with Gasteiger partial charge < -0.3 is 15.5 Å². The van der Waals surface area contributed by atoms with Crippen molar-refractivity contribution in [3.8, 4) is 0 Å². The molecule has 1 aliphatic carbocycles. The molecule has 0 aliphatic heterocycles. The van der Waals surface area contributed by atoms with Crippen LogP contribution in [-0.2, 0) is 4.79 Å². The Morgan fingerprint density at radius 1 is 0.951 bits per heavy atom. The van der Waals surface area contributed by atoms with E-state index in [9.17, 15) is 23.2 Å². The van der Waals surface area contributed by atoms with Crippen molar-refractivity contribution in [1.82, 2.24) is 15.5 Å². The predicted molar refractivity (Wildman–Crippen MR) is 158 cm³/mol. The SMILES string of the molecule is CCCCC(=O)N[C@@H](C)CCC1(NC(=O)c2cc(C)cc(C(=O)N(CCC)CCC)c2)C[C@@H]1c1cc(F)cc(F)c1. The van der Waals surface area contributed by atoms with Gasteiger partial charge in [0.25, 0.3) is 11.8 Å². The molecule has 2 aromatic rings. The predicted octanol–water partition coefficient (Wildman–Crippen LogP) is 6.67. The highest BCUT2D eigenvalue weighted by Gasteiger charge is 2.55. The molecule has 1 unspecified atom stereocenters. The molecule has 2 N–H and O–H groups in total. The van der Waals surface area contributed by atoms with Crippen molar-refractivity contribution in [3.05, 3.63) is 70.3 Å². The topological polar surface area (TPSA) is 78.5 Å². The summed E-state index contributed by atoms with van der Waals surface area (Å²) in [4.78, 5) is 41.0. The van der Waals surface area contributed by atoms with Gasteiger partial charge in [0.2, 0.25) is 5.91 Å². The van der Waals surface area contributed by atoms with Crippen LogP contribution in [0.5, 0.6) is 0 Å². The van der Waals surface area contributed by atoms with E-state index in [1.807, 2.05) is 39.5 Å². The van der Waals surface area contributed by atoms with Crippen LogP contribution in [0, 0.1) is 18.6 Å². The van der Waals surface area contributed by atoms with E-state index in [1.165, 1.54) is 12.1 Å². The molecule has 0 bridgehead atoms. The minimum Gasteiger partial charge on any atom is -0.354 e. The number of halogens is 2. The summed E-state index contributed by atoms with van der Waals surface area (Å²) in [5, 5.41) is 6.18. The van der Waals surface area contributed by atoms with Crippen molar-refractivity contribution in [2.75, 3.05) is 13.1 Å². The number of carbonyl (C=O) groups excluding carboxylic acids is 3. The summed E-state index contributed by atoms with van der Waals surface area (Å²) in [7, 11) is 0. The second-order valence-corrected chi connectivity index (χ2v) is 11.6. The molecule has 0 spiro atoms. The molecule has 8 heteroatoms. The Hall–Kier alpha value is -3.29. The molecule has 224 valence electrons. The van der Waals surface area contributed by atoms with Gasteiger partial charge in [0, 0.05) is 54.2 Å². The Morgan fingerprint density at radius 3 is 2.20 bits per heavy atom. The maximum atomic E-state index is 14.1. The Bertz CT molecular complexity index is 1210. The van der Waals surface area contributed by atoms with Crippen LogP contribution in [0.4, 0.5) is 8.78 Å². The molecule has 6 nitrogen and oxygen atoms in total. The van der Waals surface area contributed by atoms with Crippen LogP contribution in [0.1, 0.15) is 117 Å². The van der Waals surface area contributed by atoms with Gasteiger partial charge in [-0.2, -0.15) is 0 Å². The number of aryl methyl sites for hydroxylation is 1. The van der Waals surface area contributed by atoms with Crippen molar-refractivity contribution in [2.45, 2.75) is 103 Å². The fourth-order valence-electron chi connectivity index (χ4n) is 5.60. The fraction of sp³-hybridized carbons (Fsp3) is 0.545. The quantitative estimate of drug-likeness (QED) is 0.252. The van der Waals surface area contributed by atoms with E-state index >= 15 is 0 Å². The molecule has 0 saturated heterocycles. The highest BCUT2D eigenvalue weighted by atomic mass is 19.1. The number of hydrogen-bond acceptors (Lipinski definition) is 3. The zero-order valence-electron chi connectivity index (χ0n) is 25.1. The molecule has 1 saturated carbocycles. The van der Waals surface area contributed by atoms with E-state index in [0.29, 0.717) is 55.5 Å². The minimum atomic E-state index is -0.718. The smallest absolute Gasteiger partial charge is 0.253 e. The molecule has 0 heterocycles. The van der Waals surface area contributed by atoms with Gasteiger partial charge in [0.15, 0.2) is 0 Å². The fourth-order valence-corrected chi connectivity index (χ4v) is 5.60. The summed E-state index contributed by atoms with van der Waals surface area (Å²) in [5.41, 5.74) is 1.42. The highest BCUT2D eigenvalue weighted by Crippen LogP contribution is 2.54. The third kappa shape index (κ3) is 8.85. The number of amides is 3. The van der Waals surface area contributed by atoms with Gasteiger partial charge in [0.1, 0.15) is 11.6 Å². The lowest BCUT2D eigenvalue weighted by Gasteiger charge is -2.24. The summed E-state index contributed by atoms with van der Waals surface area (Å²) < 4.78 is 28.2. The standard InChI is InChI=1S/C33H45F2N3O3/c1-6-9-10-30(39)36-23(5)11-12-33(21-29(33)24-18-27(34)20-28(35)19-24)37-31(40)25-15-22(4)16-26(17-25)32(41)38(13-7-2)14-8-3/h15-20,23,29H,6-14,21H2,1-5H3,(H,36,39)(H,37,40)/t23-,29+,33?/m0/s1. The summed E-state index contributed by atoms with van der Waals surface area (Å²) in [6.07, 6.45) is 5.54.